The summed E-state index contributed by atoms with van der Waals surface area (Å²) in [6.45, 7) is 1.89. The van der Waals surface area contributed by atoms with Crippen LogP contribution in [-0.4, -0.2) is 28.0 Å². The molecule has 0 radical (unpaired) electrons. The third-order valence-electron chi connectivity index (χ3n) is 3.28. The van der Waals surface area contributed by atoms with E-state index in [1.165, 1.54) is 0 Å². The summed E-state index contributed by atoms with van der Waals surface area (Å²) < 4.78 is 0. The van der Waals surface area contributed by atoms with E-state index in [9.17, 15) is 9.59 Å². The predicted molar refractivity (Wildman–Crippen MR) is 79.9 cm³/mol. The number of pyridine rings is 1. The molecule has 0 saturated heterocycles. The Bertz CT molecular complexity index is 650. The number of aliphatic carboxylic acids is 1. The highest BCUT2D eigenvalue weighted by molar-refractivity contribution is 5.89. The van der Waals surface area contributed by atoms with Crippen LogP contribution in [0.3, 0.4) is 0 Å². The third-order valence-corrected chi connectivity index (χ3v) is 3.28. The summed E-state index contributed by atoms with van der Waals surface area (Å²) in [6, 6.07) is 8.58. The van der Waals surface area contributed by atoms with E-state index in [1.807, 2.05) is 37.3 Å². The largest absolute Gasteiger partial charge is 0.480 e. The van der Waals surface area contributed by atoms with Gasteiger partial charge in [0, 0.05) is 11.6 Å². The van der Waals surface area contributed by atoms with Crippen LogP contribution >= 0.6 is 0 Å². The molecule has 1 atom stereocenters. The fourth-order valence-electron chi connectivity index (χ4n) is 2.27. The van der Waals surface area contributed by atoms with Crippen LogP contribution in [0.4, 0.5) is 0 Å². The minimum atomic E-state index is -0.999. The van der Waals surface area contributed by atoms with Crippen molar-refractivity contribution in [3.05, 3.63) is 42.1 Å². The van der Waals surface area contributed by atoms with Gasteiger partial charge in [0.1, 0.15) is 6.04 Å². The van der Waals surface area contributed by atoms with E-state index >= 15 is 0 Å². The van der Waals surface area contributed by atoms with Crippen LogP contribution in [0.25, 0.3) is 10.9 Å². The Kier molecular flexibility index (Phi) is 4.87. The van der Waals surface area contributed by atoms with E-state index in [0.717, 1.165) is 16.5 Å². The summed E-state index contributed by atoms with van der Waals surface area (Å²) in [5.74, 6) is -1.30. The van der Waals surface area contributed by atoms with Gasteiger partial charge in [-0.2, -0.15) is 0 Å². The van der Waals surface area contributed by atoms with Crippen LogP contribution in [0, 0.1) is 0 Å². The Morgan fingerprint density at radius 1 is 1.29 bits per heavy atom. The Hall–Kier alpha value is -2.43. The van der Waals surface area contributed by atoms with Gasteiger partial charge in [0.2, 0.25) is 5.91 Å². The summed E-state index contributed by atoms with van der Waals surface area (Å²) in [5.41, 5.74) is 1.57. The van der Waals surface area contributed by atoms with Crippen molar-refractivity contribution in [2.24, 2.45) is 0 Å². The van der Waals surface area contributed by atoms with E-state index < -0.39 is 12.0 Å². The number of hydrogen-bond acceptors (Lipinski definition) is 3. The second-order valence-electron chi connectivity index (χ2n) is 4.92. The maximum atomic E-state index is 12.0. The average molecular weight is 286 g/mol. The number of nitrogens with one attached hydrogen (secondary N) is 1. The predicted octanol–water partition coefficient (Wildman–Crippen LogP) is 2.15. The van der Waals surface area contributed by atoms with Crippen molar-refractivity contribution in [3.63, 3.8) is 0 Å². The molecule has 2 rings (SSSR count). The highest BCUT2D eigenvalue weighted by Gasteiger charge is 2.19. The van der Waals surface area contributed by atoms with Gasteiger partial charge >= 0.3 is 5.97 Å². The Labute approximate surface area is 123 Å². The Morgan fingerprint density at radius 2 is 2.05 bits per heavy atom. The second-order valence-corrected chi connectivity index (χ2v) is 4.92. The molecular weight excluding hydrogens is 268 g/mol. The maximum Gasteiger partial charge on any atom is 0.326 e. The molecule has 0 saturated carbocycles. The molecule has 2 N–H and O–H groups in total. The smallest absolute Gasteiger partial charge is 0.326 e. The van der Waals surface area contributed by atoms with Crippen molar-refractivity contribution in [2.45, 2.75) is 32.2 Å². The van der Waals surface area contributed by atoms with Gasteiger partial charge in [-0.1, -0.05) is 37.6 Å². The number of benzene rings is 1. The fourth-order valence-corrected chi connectivity index (χ4v) is 2.27. The van der Waals surface area contributed by atoms with E-state index in [-0.39, 0.29) is 12.3 Å². The zero-order valence-corrected chi connectivity index (χ0v) is 11.9. The van der Waals surface area contributed by atoms with Crippen LogP contribution in [0.5, 0.6) is 0 Å². The normalized spacial score (nSPS) is 12.0. The monoisotopic (exact) mass is 286 g/mol. The summed E-state index contributed by atoms with van der Waals surface area (Å²) in [7, 11) is 0. The SMILES string of the molecule is CCCC(NC(=O)Cc1cccc2cccnc12)C(=O)O. The molecule has 1 heterocycles. The van der Waals surface area contributed by atoms with Gasteiger partial charge in [0.25, 0.3) is 0 Å². The number of carboxylic acid groups (broad SMARTS) is 1. The lowest BCUT2D eigenvalue weighted by Gasteiger charge is -2.13. The van der Waals surface area contributed by atoms with E-state index in [0.29, 0.717) is 12.8 Å². The van der Waals surface area contributed by atoms with E-state index in [4.69, 9.17) is 5.11 Å². The van der Waals surface area contributed by atoms with Crippen molar-refractivity contribution in [1.82, 2.24) is 10.3 Å². The minimum absolute atomic E-state index is 0.127. The molecule has 5 heteroatoms. The molecule has 0 fully saturated rings. The van der Waals surface area contributed by atoms with Crippen molar-refractivity contribution >= 4 is 22.8 Å². The van der Waals surface area contributed by atoms with Crippen LogP contribution < -0.4 is 5.32 Å². The molecule has 0 aliphatic rings. The topological polar surface area (TPSA) is 79.3 Å². The van der Waals surface area contributed by atoms with Crippen molar-refractivity contribution in [1.29, 1.82) is 0 Å². The lowest BCUT2D eigenvalue weighted by Crippen LogP contribution is -2.41. The van der Waals surface area contributed by atoms with E-state index in [2.05, 4.69) is 10.3 Å². The molecule has 0 aliphatic carbocycles. The highest BCUT2D eigenvalue weighted by Crippen LogP contribution is 2.16. The van der Waals surface area contributed by atoms with Gasteiger partial charge in [-0.15, -0.1) is 0 Å². The molecule has 1 unspecified atom stereocenters. The number of nitrogens with zero attached hydrogens (tertiary/aromatic N) is 1. The first-order chi connectivity index (χ1) is 10.1. The molecular formula is C16H18N2O3. The summed E-state index contributed by atoms with van der Waals surface area (Å²) >= 11 is 0. The maximum absolute atomic E-state index is 12.0. The summed E-state index contributed by atoms with van der Waals surface area (Å²) in [6.07, 6.45) is 2.94. The first-order valence-corrected chi connectivity index (χ1v) is 6.96. The molecule has 0 aliphatic heterocycles. The van der Waals surface area contributed by atoms with E-state index in [1.54, 1.807) is 6.20 Å². The summed E-state index contributed by atoms with van der Waals surface area (Å²) in [4.78, 5) is 27.4. The quantitative estimate of drug-likeness (QED) is 0.852. The minimum Gasteiger partial charge on any atom is -0.480 e. The fraction of sp³-hybridized carbons (Fsp3) is 0.312. The molecule has 0 bridgehead atoms. The lowest BCUT2D eigenvalue weighted by molar-refractivity contribution is -0.141. The van der Waals surface area contributed by atoms with Crippen molar-refractivity contribution in [3.8, 4) is 0 Å². The van der Waals surface area contributed by atoms with Crippen LogP contribution in [0.15, 0.2) is 36.5 Å². The molecule has 0 spiro atoms. The summed E-state index contributed by atoms with van der Waals surface area (Å²) in [5, 5.41) is 12.6. The zero-order valence-electron chi connectivity index (χ0n) is 11.9. The highest BCUT2D eigenvalue weighted by atomic mass is 16.4. The van der Waals surface area contributed by atoms with Gasteiger partial charge in [0.15, 0.2) is 0 Å². The van der Waals surface area contributed by atoms with Crippen molar-refractivity contribution < 1.29 is 14.7 Å². The zero-order chi connectivity index (χ0) is 15.2. The number of carboxylic acids is 1. The molecule has 2 aromatic rings. The average Bonchev–Trinajstić information content (AvgIpc) is 2.47. The standard InChI is InChI=1S/C16H18N2O3/c1-2-5-13(16(20)21)18-14(19)10-12-7-3-6-11-8-4-9-17-15(11)12/h3-4,6-9,13H,2,5,10H2,1H3,(H,18,19)(H,20,21). The van der Waals surface area contributed by atoms with Gasteiger partial charge in [-0.25, -0.2) is 4.79 Å². The number of carbonyl (C=O) groups is 2. The van der Waals surface area contributed by atoms with Crippen molar-refractivity contribution in [2.75, 3.05) is 0 Å². The number of carbonyl (C=O) groups excluding carboxylic acids is 1. The van der Waals surface area contributed by atoms with Gasteiger partial charge in [-0.3, -0.25) is 9.78 Å². The Morgan fingerprint density at radius 3 is 2.76 bits per heavy atom. The number of hydrogen-bond donors (Lipinski definition) is 2. The first kappa shape index (κ1) is 15.0. The lowest BCUT2D eigenvalue weighted by atomic mass is 10.1. The number of para-hydroxylation sites is 1. The number of rotatable bonds is 6. The van der Waals surface area contributed by atoms with Crippen LogP contribution in [0.1, 0.15) is 25.3 Å². The second kappa shape index (κ2) is 6.83. The van der Waals surface area contributed by atoms with Gasteiger partial charge in [0.05, 0.1) is 11.9 Å². The first-order valence-electron chi connectivity index (χ1n) is 6.96. The van der Waals surface area contributed by atoms with Gasteiger partial charge in [-0.05, 0) is 18.1 Å². The van der Waals surface area contributed by atoms with Gasteiger partial charge < -0.3 is 10.4 Å². The number of amides is 1. The molecule has 1 amide bonds. The molecule has 110 valence electrons. The molecule has 1 aromatic heterocycles. The van der Waals surface area contributed by atoms with Crippen LogP contribution in [0.2, 0.25) is 0 Å². The molecule has 5 nitrogen and oxygen atoms in total. The third kappa shape index (κ3) is 3.78. The van der Waals surface area contributed by atoms with Crippen LogP contribution in [-0.2, 0) is 16.0 Å². The Balaban J connectivity index is 2.13. The number of fused-ring (bicyclic) bond motifs is 1. The molecule has 1 aromatic carbocycles. The molecule has 21 heavy (non-hydrogen) atoms. The number of aromatic nitrogens is 1.